The third-order valence-corrected chi connectivity index (χ3v) is 4.88. The Morgan fingerprint density at radius 3 is 3.00 bits per heavy atom. The summed E-state index contributed by atoms with van der Waals surface area (Å²) in [5, 5.41) is 10.9. The topological polar surface area (TPSA) is 87.4 Å². The molecule has 1 aliphatic rings. The molecule has 2 N–H and O–H groups in total. The van der Waals surface area contributed by atoms with Crippen LogP contribution in [0, 0.1) is 0 Å². The van der Waals surface area contributed by atoms with Crippen molar-refractivity contribution >= 4 is 11.9 Å². The fourth-order valence-corrected chi connectivity index (χ4v) is 3.35. The number of pyridine rings is 1. The van der Waals surface area contributed by atoms with Crippen molar-refractivity contribution in [2.45, 2.75) is 45.6 Å². The normalized spacial score (nSPS) is 15.3. The molecule has 3 heterocycles. The molecule has 1 fully saturated rings. The van der Waals surface area contributed by atoms with Crippen molar-refractivity contribution < 1.29 is 4.79 Å². The molecule has 1 amide bonds. The quantitative estimate of drug-likeness (QED) is 0.405. The molecule has 0 saturated carbocycles. The SMILES string of the molecule is CCNC(=NCc1ccnc(-n2cccn2)c1)NCCCN1CCCCCC1=O. The van der Waals surface area contributed by atoms with Gasteiger partial charge in [-0.1, -0.05) is 6.42 Å². The smallest absolute Gasteiger partial charge is 0.222 e. The monoisotopic (exact) mass is 397 g/mol. The van der Waals surface area contributed by atoms with Crippen LogP contribution in [0.5, 0.6) is 0 Å². The van der Waals surface area contributed by atoms with Crippen LogP contribution in [0.25, 0.3) is 5.82 Å². The minimum absolute atomic E-state index is 0.300. The molecule has 3 rings (SSSR count). The average molecular weight is 398 g/mol. The Hall–Kier alpha value is -2.90. The molecular formula is C21H31N7O. The predicted octanol–water partition coefficient (Wildman–Crippen LogP) is 2.12. The fourth-order valence-electron chi connectivity index (χ4n) is 3.35. The second-order valence-corrected chi connectivity index (χ2v) is 7.14. The molecule has 8 heteroatoms. The van der Waals surface area contributed by atoms with E-state index in [0.717, 1.165) is 69.2 Å². The minimum Gasteiger partial charge on any atom is -0.357 e. The van der Waals surface area contributed by atoms with E-state index in [1.807, 2.05) is 29.3 Å². The molecule has 0 bridgehead atoms. The summed E-state index contributed by atoms with van der Waals surface area (Å²) in [4.78, 5) is 23.1. The first-order chi connectivity index (χ1) is 14.3. The third kappa shape index (κ3) is 6.58. The number of nitrogens with one attached hydrogen (secondary N) is 2. The van der Waals surface area contributed by atoms with E-state index in [4.69, 9.17) is 0 Å². The van der Waals surface area contributed by atoms with E-state index in [2.05, 4.69) is 32.6 Å². The molecule has 0 unspecified atom stereocenters. The van der Waals surface area contributed by atoms with E-state index in [1.54, 1.807) is 17.1 Å². The van der Waals surface area contributed by atoms with Crippen LogP contribution in [0.1, 0.15) is 44.6 Å². The number of amides is 1. The van der Waals surface area contributed by atoms with Gasteiger partial charge in [-0.25, -0.2) is 14.7 Å². The summed E-state index contributed by atoms with van der Waals surface area (Å²) < 4.78 is 1.74. The number of rotatable bonds is 8. The highest BCUT2D eigenvalue weighted by molar-refractivity contribution is 5.79. The van der Waals surface area contributed by atoms with Gasteiger partial charge in [0.2, 0.25) is 5.91 Å². The fraction of sp³-hybridized carbons (Fsp3) is 0.524. The molecule has 1 aliphatic heterocycles. The van der Waals surface area contributed by atoms with Gasteiger partial charge in [0.05, 0.1) is 6.54 Å². The Morgan fingerprint density at radius 2 is 2.17 bits per heavy atom. The van der Waals surface area contributed by atoms with Crippen LogP contribution in [-0.2, 0) is 11.3 Å². The van der Waals surface area contributed by atoms with Gasteiger partial charge in [-0.05, 0) is 49.9 Å². The number of likely N-dealkylation sites (tertiary alicyclic amines) is 1. The van der Waals surface area contributed by atoms with E-state index in [0.29, 0.717) is 18.9 Å². The molecular weight excluding hydrogens is 366 g/mol. The lowest BCUT2D eigenvalue weighted by molar-refractivity contribution is -0.130. The zero-order valence-corrected chi connectivity index (χ0v) is 17.2. The van der Waals surface area contributed by atoms with Crippen molar-refractivity contribution in [3.05, 3.63) is 42.4 Å². The van der Waals surface area contributed by atoms with Crippen molar-refractivity contribution in [2.24, 2.45) is 4.99 Å². The number of carbonyl (C=O) groups is 1. The highest BCUT2D eigenvalue weighted by Crippen LogP contribution is 2.11. The van der Waals surface area contributed by atoms with Gasteiger partial charge < -0.3 is 15.5 Å². The largest absolute Gasteiger partial charge is 0.357 e. The molecule has 1 saturated heterocycles. The van der Waals surface area contributed by atoms with Crippen molar-refractivity contribution in [1.29, 1.82) is 0 Å². The van der Waals surface area contributed by atoms with Gasteiger partial charge in [-0.2, -0.15) is 5.10 Å². The van der Waals surface area contributed by atoms with Gasteiger partial charge in [0.1, 0.15) is 0 Å². The molecule has 0 aliphatic carbocycles. The zero-order chi connectivity index (χ0) is 20.3. The van der Waals surface area contributed by atoms with Crippen LogP contribution in [0.3, 0.4) is 0 Å². The van der Waals surface area contributed by atoms with E-state index < -0.39 is 0 Å². The van der Waals surface area contributed by atoms with Crippen LogP contribution in [0.15, 0.2) is 41.8 Å². The maximum atomic E-state index is 12.1. The number of aromatic nitrogens is 3. The number of carbonyl (C=O) groups excluding carboxylic acids is 1. The first kappa shape index (κ1) is 20.8. The maximum absolute atomic E-state index is 12.1. The molecule has 0 atom stereocenters. The third-order valence-electron chi connectivity index (χ3n) is 4.88. The summed E-state index contributed by atoms with van der Waals surface area (Å²) in [6, 6.07) is 5.83. The lowest BCUT2D eigenvalue weighted by Gasteiger charge is -2.20. The highest BCUT2D eigenvalue weighted by atomic mass is 16.2. The highest BCUT2D eigenvalue weighted by Gasteiger charge is 2.15. The number of aliphatic imine (C=N–C) groups is 1. The summed E-state index contributed by atoms with van der Waals surface area (Å²) in [7, 11) is 0. The van der Waals surface area contributed by atoms with Gasteiger partial charge in [0.25, 0.3) is 0 Å². The molecule has 8 nitrogen and oxygen atoms in total. The molecule has 29 heavy (non-hydrogen) atoms. The maximum Gasteiger partial charge on any atom is 0.222 e. The molecule has 156 valence electrons. The van der Waals surface area contributed by atoms with Gasteiger partial charge in [0.15, 0.2) is 11.8 Å². The zero-order valence-electron chi connectivity index (χ0n) is 17.2. The molecule has 2 aromatic rings. The molecule has 0 radical (unpaired) electrons. The van der Waals surface area contributed by atoms with Gasteiger partial charge in [-0.3, -0.25) is 4.79 Å². The lowest BCUT2D eigenvalue weighted by atomic mass is 10.2. The van der Waals surface area contributed by atoms with Crippen molar-refractivity contribution in [1.82, 2.24) is 30.3 Å². The van der Waals surface area contributed by atoms with Crippen LogP contribution in [-0.4, -0.2) is 57.7 Å². The first-order valence-corrected chi connectivity index (χ1v) is 10.5. The Balaban J connectivity index is 1.49. The lowest BCUT2D eigenvalue weighted by Crippen LogP contribution is -2.39. The standard InChI is InChI=1S/C21H31N7O/c1-2-22-21(24-10-6-14-27-13-5-3-4-8-20(27)29)25-17-18-9-12-23-19(16-18)28-15-7-11-26-28/h7,9,11-12,15-16H,2-6,8,10,13-14,17H2,1H3,(H2,22,24,25). The number of guanidine groups is 1. The van der Waals surface area contributed by atoms with Crippen molar-refractivity contribution in [2.75, 3.05) is 26.2 Å². The van der Waals surface area contributed by atoms with Crippen molar-refractivity contribution in [3.63, 3.8) is 0 Å². The minimum atomic E-state index is 0.300. The summed E-state index contributed by atoms with van der Waals surface area (Å²) in [5.41, 5.74) is 1.07. The van der Waals surface area contributed by atoms with Gasteiger partial charge >= 0.3 is 0 Å². The second kappa shape index (κ2) is 11.2. The first-order valence-electron chi connectivity index (χ1n) is 10.5. The van der Waals surface area contributed by atoms with Crippen LogP contribution in [0.4, 0.5) is 0 Å². The Bertz CT molecular complexity index is 788. The Labute approximate surface area is 172 Å². The second-order valence-electron chi connectivity index (χ2n) is 7.14. The van der Waals surface area contributed by atoms with E-state index in [1.165, 1.54) is 0 Å². The summed E-state index contributed by atoms with van der Waals surface area (Å²) in [6.07, 6.45) is 10.3. The van der Waals surface area contributed by atoms with E-state index in [-0.39, 0.29) is 0 Å². The van der Waals surface area contributed by atoms with Crippen LogP contribution >= 0.6 is 0 Å². The molecule has 2 aromatic heterocycles. The van der Waals surface area contributed by atoms with E-state index in [9.17, 15) is 4.79 Å². The summed E-state index contributed by atoms with van der Waals surface area (Å²) in [5.74, 6) is 1.86. The van der Waals surface area contributed by atoms with Gasteiger partial charge in [0, 0.05) is 51.2 Å². The molecule has 0 aromatic carbocycles. The Morgan fingerprint density at radius 1 is 1.24 bits per heavy atom. The van der Waals surface area contributed by atoms with Gasteiger partial charge in [-0.15, -0.1) is 0 Å². The number of nitrogens with zero attached hydrogens (tertiary/aromatic N) is 5. The number of hydrogen-bond donors (Lipinski definition) is 2. The summed E-state index contributed by atoms with van der Waals surface area (Å²) >= 11 is 0. The Kier molecular flexibility index (Phi) is 8.03. The summed E-state index contributed by atoms with van der Waals surface area (Å²) in [6.45, 7) is 5.89. The van der Waals surface area contributed by atoms with Crippen molar-refractivity contribution in [3.8, 4) is 5.82 Å². The number of hydrogen-bond acceptors (Lipinski definition) is 4. The molecule has 0 spiro atoms. The van der Waals surface area contributed by atoms with E-state index >= 15 is 0 Å². The average Bonchev–Trinajstić information content (AvgIpc) is 3.20. The van der Waals surface area contributed by atoms with Crippen LogP contribution < -0.4 is 10.6 Å². The van der Waals surface area contributed by atoms with Crippen LogP contribution in [0.2, 0.25) is 0 Å². The predicted molar refractivity (Wildman–Crippen MR) is 114 cm³/mol.